The second kappa shape index (κ2) is 11.2. The number of anilines is 1. The fourth-order valence-corrected chi connectivity index (χ4v) is 5.58. The summed E-state index contributed by atoms with van der Waals surface area (Å²) in [6.07, 6.45) is 1.39. The molecule has 4 rings (SSSR count). The van der Waals surface area contributed by atoms with Crippen molar-refractivity contribution in [2.24, 2.45) is 0 Å². The number of esters is 1. The van der Waals surface area contributed by atoms with E-state index in [1.54, 1.807) is 30.3 Å². The number of hydrogen-bond donors (Lipinski definition) is 1. The van der Waals surface area contributed by atoms with Crippen LogP contribution in [0.15, 0.2) is 91.8 Å². The maximum atomic E-state index is 13.1. The Morgan fingerprint density at radius 1 is 0.944 bits per heavy atom. The highest BCUT2D eigenvalue weighted by Gasteiger charge is 2.18. The molecule has 0 unspecified atom stereocenters. The largest absolute Gasteiger partial charge is 0.422 e. The van der Waals surface area contributed by atoms with Gasteiger partial charge in [0.15, 0.2) is 0 Å². The Balaban J connectivity index is 1.66. The van der Waals surface area contributed by atoms with Gasteiger partial charge in [0.1, 0.15) is 17.4 Å². The molecule has 0 aliphatic carbocycles. The van der Waals surface area contributed by atoms with Crippen molar-refractivity contribution in [3.8, 4) is 11.8 Å². The topological polar surface area (TPSA) is 79.2 Å². The van der Waals surface area contributed by atoms with Gasteiger partial charge in [-0.05, 0) is 97.6 Å². The minimum absolute atomic E-state index is 0.157. The third-order valence-corrected chi connectivity index (χ3v) is 7.02. The Morgan fingerprint density at radius 3 is 2.36 bits per heavy atom. The number of nitriles is 1. The molecule has 0 bridgehead atoms. The van der Waals surface area contributed by atoms with Gasteiger partial charge >= 0.3 is 5.97 Å². The quantitative estimate of drug-likeness (QED) is 0.101. The van der Waals surface area contributed by atoms with E-state index in [4.69, 9.17) is 4.74 Å². The van der Waals surface area contributed by atoms with Crippen LogP contribution in [0.3, 0.4) is 0 Å². The summed E-state index contributed by atoms with van der Waals surface area (Å²) in [5.74, 6) is -0.928. The lowest BCUT2D eigenvalue weighted by Gasteiger charge is -2.12. The van der Waals surface area contributed by atoms with Gasteiger partial charge < -0.3 is 10.1 Å². The molecule has 178 valence electrons. The lowest BCUT2D eigenvalue weighted by Crippen LogP contribution is -2.14. The minimum Gasteiger partial charge on any atom is -0.422 e. The van der Waals surface area contributed by atoms with Gasteiger partial charge in [0.05, 0.1) is 11.3 Å². The van der Waals surface area contributed by atoms with Crippen molar-refractivity contribution in [2.75, 3.05) is 5.32 Å². The molecule has 5 nitrogen and oxygen atoms in total. The van der Waals surface area contributed by atoms with Crippen molar-refractivity contribution >= 4 is 82.2 Å². The number of nitrogens with zero attached hydrogens (tertiary/aromatic N) is 1. The van der Waals surface area contributed by atoms with Crippen LogP contribution in [0.25, 0.3) is 16.8 Å². The van der Waals surface area contributed by atoms with Crippen LogP contribution >= 0.6 is 47.8 Å². The summed E-state index contributed by atoms with van der Waals surface area (Å²) in [7, 11) is 0. The summed E-state index contributed by atoms with van der Waals surface area (Å²) in [5, 5.41) is 14.2. The first-order valence-corrected chi connectivity index (χ1v) is 13.0. The Hall–Kier alpha value is -3.25. The third kappa shape index (κ3) is 5.76. The van der Waals surface area contributed by atoms with Gasteiger partial charge in [0, 0.05) is 19.0 Å². The molecule has 36 heavy (non-hydrogen) atoms. The number of amides is 1. The summed E-state index contributed by atoms with van der Waals surface area (Å²) in [6, 6.07) is 23.6. The van der Waals surface area contributed by atoms with Gasteiger partial charge in [-0.1, -0.05) is 52.3 Å². The number of fused-ring (bicyclic) bond motifs is 1. The number of rotatable bonds is 5. The first-order chi connectivity index (χ1) is 17.3. The van der Waals surface area contributed by atoms with E-state index in [1.807, 2.05) is 55.5 Å². The molecule has 1 N–H and O–H groups in total. The molecule has 0 saturated heterocycles. The first-order valence-electron chi connectivity index (χ1n) is 10.6. The molecule has 0 fully saturated rings. The fraction of sp³-hybridized carbons (Fsp3) is 0.0357. The molecule has 8 heteroatoms. The Bertz CT molecular complexity index is 1560. The van der Waals surface area contributed by atoms with Crippen LogP contribution in [0.1, 0.15) is 21.5 Å². The van der Waals surface area contributed by atoms with Gasteiger partial charge in [-0.3, -0.25) is 4.79 Å². The molecule has 0 spiro atoms. The number of carbonyl (C=O) groups is 2. The van der Waals surface area contributed by atoms with Gasteiger partial charge in [0.2, 0.25) is 0 Å². The highest BCUT2D eigenvalue weighted by atomic mass is 79.9. The van der Waals surface area contributed by atoms with E-state index in [1.165, 1.54) is 6.08 Å². The Labute approximate surface area is 233 Å². The van der Waals surface area contributed by atoms with Crippen LogP contribution in [0, 0.1) is 18.3 Å². The predicted molar refractivity (Wildman–Crippen MR) is 152 cm³/mol. The molecule has 0 aromatic heterocycles. The molecule has 0 heterocycles. The number of carbonyl (C=O) groups excluding carboxylic acids is 2. The number of hydrogen-bond acceptors (Lipinski definition) is 4. The maximum absolute atomic E-state index is 13.1. The molecule has 4 aromatic carbocycles. The molecule has 0 saturated carbocycles. The summed E-state index contributed by atoms with van der Waals surface area (Å²) in [5.41, 5.74) is 2.15. The lowest BCUT2D eigenvalue weighted by atomic mass is 10.0. The summed E-state index contributed by atoms with van der Waals surface area (Å²) >= 11 is 10.3. The smallest absolute Gasteiger partial charge is 0.344 e. The number of aryl methyl sites for hydroxylation is 1. The van der Waals surface area contributed by atoms with E-state index in [2.05, 4.69) is 53.1 Å². The van der Waals surface area contributed by atoms with Crippen LogP contribution < -0.4 is 10.1 Å². The van der Waals surface area contributed by atoms with Crippen molar-refractivity contribution < 1.29 is 14.3 Å². The predicted octanol–water partition coefficient (Wildman–Crippen LogP) is 8.20. The van der Waals surface area contributed by atoms with E-state index in [9.17, 15) is 14.9 Å². The SMILES string of the molecule is Cc1cc(Br)c(NC(=O)/C(C#N)=C/c2cc(Br)ccc2OC(=O)c2cccc3ccccc23)c(Br)c1. The van der Waals surface area contributed by atoms with E-state index < -0.39 is 11.9 Å². The van der Waals surface area contributed by atoms with Crippen LogP contribution in [-0.2, 0) is 4.79 Å². The molecule has 4 aromatic rings. The molecule has 0 radical (unpaired) electrons. The Kier molecular flexibility index (Phi) is 8.04. The second-order valence-corrected chi connectivity index (χ2v) is 10.5. The van der Waals surface area contributed by atoms with Gasteiger partial charge in [-0.15, -0.1) is 0 Å². The maximum Gasteiger partial charge on any atom is 0.344 e. The molecule has 0 atom stereocenters. The van der Waals surface area contributed by atoms with Crippen molar-refractivity contribution in [1.29, 1.82) is 5.26 Å². The lowest BCUT2D eigenvalue weighted by molar-refractivity contribution is -0.112. The standard InChI is InChI=1S/C28H17Br3N2O3/c1-16-11-23(30)26(24(31)12-16)33-27(34)19(15-32)13-18-14-20(29)9-10-25(18)36-28(35)22-8-4-6-17-5-2-3-7-21(17)22/h2-14H,1H3,(H,33,34)/b19-13+. The highest BCUT2D eigenvalue weighted by Crippen LogP contribution is 2.33. The average Bonchev–Trinajstić information content (AvgIpc) is 2.85. The number of benzene rings is 4. The van der Waals surface area contributed by atoms with Crippen molar-refractivity contribution in [2.45, 2.75) is 6.92 Å². The van der Waals surface area contributed by atoms with Crippen LogP contribution in [0.5, 0.6) is 5.75 Å². The van der Waals surface area contributed by atoms with Gasteiger partial charge in [0.25, 0.3) is 5.91 Å². The van der Waals surface area contributed by atoms with Gasteiger partial charge in [-0.25, -0.2) is 4.79 Å². The summed E-state index contributed by atoms with van der Waals surface area (Å²) in [4.78, 5) is 26.0. The normalized spacial score (nSPS) is 11.1. The van der Waals surface area contributed by atoms with E-state index in [0.717, 1.165) is 16.3 Å². The number of nitrogens with one attached hydrogen (secondary N) is 1. The van der Waals surface area contributed by atoms with E-state index in [0.29, 0.717) is 30.2 Å². The van der Waals surface area contributed by atoms with Crippen molar-refractivity contribution in [3.05, 3.63) is 108 Å². The van der Waals surface area contributed by atoms with E-state index >= 15 is 0 Å². The monoisotopic (exact) mass is 666 g/mol. The van der Waals surface area contributed by atoms with Crippen molar-refractivity contribution in [3.63, 3.8) is 0 Å². The zero-order valence-corrected chi connectivity index (χ0v) is 23.6. The second-order valence-electron chi connectivity index (χ2n) is 7.83. The minimum atomic E-state index is -0.603. The number of ether oxygens (including phenoxy) is 1. The average molecular weight is 669 g/mol. The molecule has 0 aliphatic rings. The third-order valence-electron chi connectivity index (χ3n) is 5.27. The van der Waals surface area contributed by atoms with E-state index in [-0.39, 0.29) is 11.3 Å². The van der Waals surface area contributed by atoms with Crippen LogP contribution in [0.4, 0.5) is 5.69 Å². The highest BCUT2D eigenvalue weighted by molar-refractivity contribution is 9.11. The zero-order valence-electron chi connectivity index (χ0n) is 18.8. The summed E-state index contributed by atoms with van der Waals surface area (Å²) in [6.45, 7) is 1.93. The zero-order chi connectivity index (χ0) is 25.8. The molecule has 1 amide bonds. The molecular weight excluding hydrogens is 652 g/mol. The van der Waals surface area contributed by atoms with Crippen LogP contribution in [0.2, 0.25) is 0 Å². The molecular formula is C28H17Br3N2O3. The first kappa shape index (κ1) is 25.8. The number of halogens is 3. The summed E-state index contributed by atoms with van der Waals surface area (Å²) < 4.78 is 7.77. The van der Waals surface area contributed by atoms with Crippen molar-refractivity contribution in [1.82, 2.24) is 0 Å². The van der Waals surface area contributed by atoms with Crippen LogP contribution in [-0.4, -0.2) is 11.9 Å². The molecule has 0 aliphatic heterocycles. The Morgan fingerprint density at radius 2 is 1.64 bits per heavy atom. The fourth-order valence-electron chi connectivity index (χ4n) is 3.59. The van der Waals surface area contributed by atoms with Gasteiger partial charge in [-0.2, -0.15) is 5.26 Å².